The molecule has 4 fully saturated rings. The Hall–Kier alpha value is -0.590. The number of carbonyl (C=O) groups is 1. The van der Waals surface area contributed by atoms with Crippen molar-refractivity contribution < 1.29 is 4.79 Å². The smallest absolute Gasteiger partial charge is 0.133 e. The highest BCUT2D eigenvalue weighted by molar-refractivity contribution is 5.79. The lowest BCUT2D eigenvalue weighted by atomic mass is 9.45. The Balaban J connectivity index is 1.65. The molecule has 6 atom stereocenters. The van der Waals surface area contributed by atoms with Crippen LogP contribution in [0, 0.1) is 34.5 Å². The summed E-state index contributed by atoms with van der Waals surface area (Å²) in [4.78, 5) is 11.9. The van der Waals surface area contributed by atoms with Gasteiger partial charge >= 0.3 is 0 Å². The molecule has 4 aliphatic rings. The highest BCUT2D eigenvalue weighted by Crippen LogP contribution is 2.67. The lowest BCUT2D eigenvalue weighted by molar-refractivity contribution is -0.136. The average Bonchev–Trinajstić information content (AvgIpc) is 2.84. The Bertz CT molecular complexity index is 518. The number of carbonyl (C=O) groups excluding carboxylic acids is 1. The second-order valence-electron chi connectivity index (χ2n) is 9.21. The van der Waals surface area contributed by atoms with E-state index >= 15 is 0 Å². The lowest BCUT2D eigenvalue weighted by Crippen LogP contribution is -2.52. The Kier molecular flexibility index (Phi) is 3.37. The largest absolute Gasteiger partial charge is 0.300 e. The molecule has 0 bridgehead atoms. The molecular formula is C21H32O. The minimum Gasteiger partial charge on any atom is -0.300 e. The van der Waals surface area contributed by atoms with Crippen molar-refractivity contribution >= 4 is 5.78 Å². The van der Waals surface area contributed by atoms with E-state index in [1.807, 2.05) is 0 Å². The van der Waals surface area contributed by atoms with Gasteiger partial charge in [-0.2, -0.15) is 0 Å². The zero-order valence-electron chi connectivity index (χ0n) is 14.7. The van der Waals surface area contributed by atoms with Gasteiger partial charge in [-0.1, -0.05) is 25.5 Å². The summed E-state index contributed by atoms with van der Waals surface area (Å²) >= 11 is 0. The molecule has 4 saturated carbocycles. The third-order valence-electron chi connectivity index (χ3n) is 8.68. The van der Waals surface area contributed by atoms with Gasteiger partial charge in [0.05, 0.1) is 0 Å². The molecule has 4 aliphatic carbocycles. The fourth-order valence-corrected chi connectivity index (χ4v) is 7.37. The van der Waals surface area contributed by atoms with E-state index in [1.165, 1.54) is 44.9 Å². The molecule has 0 radical (unpaired) electrons. The Morgan fingerprint density at radius 3 is 2.59 bits per heavy atom. The highest BCUT2D eigenvalue weighted by atomic mass is 16.1. The van der Waals surface area contributed by atoms with Crippen LogP contribution in [0.15, 0.2) is 11.6 Å². The second kappa shape index (κ2) is 4.95. The van der Waals surface area contributed by atoms with Crippen molar-refractivity contribution in [3.8, 4) is 0 Å². The van der Waals surface area contributed by atoms with Gasteiger partial charge in [0.25, 0.3) is 0 Å². The van der Waals surface area contributed by atoms with Crippen molar-refractivity contribution in [3.63, 3.8) is 0 Å². The van der Waals surface area contributed by atoms with Crippen molar-refractivity contribution in [1.29, 1.82) is 0 Å². The molecule has 0 heterocycles. The molecule has 0 N–H and O–H groups in total. The number of rotatable bonds is 0. The summed E-state index contributed by atoms with van der Waals surface area (Å²) in [6.07, 6.45) is 13.7. The minimum atomic E-state index is 0.469. The maximum absolute atomic E-state index is 11.9. The summed E-state index contributed by atoms with van der Waals surface area (Å²) in [6.45, 7) is 7.37. The molecule has 0 spiro atoms. The summed E-state index contributed by atoms with van der Waals surface area (Å²) in [5.74, 6) is 3.99. The van der Waals surface area contributed by atoms with E-state index in [0.29, 0.717) is 22.5 Å². The van der Waals surface area contributed by atoms with E-state index in [0.717, 1.165) is 30.6 Å². The van der Waals surface area contributed by atoms with E-state index < -0.39 is 0 Å². The molecular weight excluding hydrogens is 268 g/mol. The Labute approximate surface area is 135 Å². The Morgan fingerprint density at radius 2 is 1.82 bits per heavy atom. The summed E-state index contributed by atoms with van der Waals surface area (Å²) in [5.41, 5.74) is 2.72. The monoisotopic (exact) mass is 300 g/mol. The standard InChI is InChI=1S/C21H32O/c1-4-14-6-8-18-17-7-5-15-13-16(22)9-11-21(15,3)19(17)10-12-20(14,18)2/h4,15,17-19H,5-13H2,1-3H3/b14-4-/t15-,17+,18+,19+,20-,21+/m1/s1. The molecule has 0 aromatic rings. The van der Waals surface area contributed by atoms with E-state index in [1.54, 1.807) is 5.57 Å². The number of ketones is 1. The Morgan fingerprint density at radius 1 is 1.00 bits per heavy atom. The molecule has 1 nitrogen and oxygen atoms in total. The SMILES string of the molecule is C/C=C1/CC[C@H]2[C@@H]3CC[C@@H]4CC(=O)CC[C@]4(C)[C@H]3CC[C@]12C. The van der Waals surface area contributed by atoms with Crippen LogP contribution in [-0.2, 0) is 4.79 Å². The van der Waals surface area contributed by atoms with Crippen LogP contribution in [0.1, 0.15) is 78.6 Å². The maximum atomic E-state index is 11.9. The third kappa shape index (κ3) is 1.86. The number of allylic oxidation sites excluding steroid dienone is 2. The summed E-state index contributed by atoms with van der Waals surface area (Å²) < 4.78 is 0. The number of hydrogen-bond acceptors (Lipinski definition) is 1. The number of fused-ring (bicyclic) bond motifs is 5. The molecule has 122 valence electrons. The highest BCUT2D eigenvalue weighted by Gasteiger charge is 2.58. The number of Topliss-reactive ketones (excluding diaryl/α,β-unsaturated/α-hetero) is 1. The van der Waals surface area contributed by atoms with Gasteiger partial charge < -0.3 is 0 Å². The molecule has 22 heavy (non-hydrogen) atoms. The molecule has 0 aromatic heterocycles. The molecule has 0 unspecified atom stereocenters. The second-order valence-corrected chi connectivity index (χ2v) is 9.21. The van der Waals surface area contributed by atoms with Crippen LogP contribution in [0.3, 0.4) is 0 Å². The van der Waals surface area contributed by atoms with Crippen LogP contribution in [0.2, 0.25) is 0 Å². The first-order valence-electron chi connectivity index (χ1n) is 9.66. The van der Waals surface area contributed by atoms with Crippen molar-refractivity contribution in [1.82, 2.24) is 0 Å². The van der Waals surface area contributed by atoms with E-state index in [9.17, 15) is 4.79 Å². The molecule has 4 rings (SSSR count). The van der Waals surface area contributed by atoms with Crippen molar-refractivity contribution in [3.05, 3.63) is 11.6 Å². The average molecular weight is 300 g/mol. The normalized spacial score (nSPS) is 53.0. The van der Waals surface area contributed by atoms with Crippen LogP contribution in [0.5, 0.6) is 0 Å². The zero-order chi connectivity index (χ0) is 15.5. The van der Waals surface area contributed by atoms with Gasteiger partial charge in [0.15, 0.2) is 0 Å². The minimum absolute atomic E-state index is 0.469. The van der Waals surface area contributed by atoms with Gasteiger partial charge in [0.2, 0.25) is 0 Å². The van der Waals surface area contributed by atoms with Crippen LogP contribution in [-0.4, -0.2) is 5.78 Å². The van der Waals surface area contributed by atoms with Gasteiger partial charge in [0, 0.05) is 12.8 Å². The summed E-state index contributed by atoms with van der Waals surface area (Å²) in [7, 11) is 0. The topological polar surface area (TPSA) is 17.1 Å². The molecule has 0 saturated heterocycles. The van der Waals surface area contributed by atoms with E-state index in [2.05, 4.69) is 26.8 Å². The summed E-state index contributed by atoms with van der Waals surface area (Å²) in [6, 6.07) is 0. The molecule has 0 aromatic carbocycles. The van der Waals surface area contributed by atoms with Crippen LogP contribution < -0.4 is 0 Å². The predicted molar refractivity (Wildman–Crippen MR) is 90.5 cm³/mol. The van der Waals surface area contributed by atoms with E-state index in [4.69, 9.17) is 0 Å². The van der Waals surface area contributed by atoms with Gasteiger partial charge in [-0.15, -0.1) is 0 Å². The summed E-state index contributed by atoms with van der Waals surface area (Å²) in [5, 5.41) is 0. The van der Waals surface area contributed by atoms with Crippen LogP contribution in [0.25, 0.3) is 0 Å². The quantitative estimate of drug-likeness (QED) is 0.536. The van der Waals surface area contributed by atoms with Crippen LogP contribution in [0.4, 0.5) is 0 Å². The predicted octanol–water partition coefficient (Wildman–Crippen LogP) is 5.54. The van der Waals surface area contributed by atoms with Gasteiger partial charge in [0.1, 0.15) is 5.78 Å². The van der Waals surface area contributed by atoms with Gasteiger partial charge in [-0.25, -0.2) is 0 Å². The fraction of sp³-hybridized carbons (Fsp3) is 0.857. The van der Waals surface area contributed by atoms with Crippen molar-refractivity contribution in [2.24, 2.45) is 34.5 Å². The van der Waals surface area contributed by atoms with Crippen molar-refractivity contribution in [2.45, 2.75) is 78.6 Å². The molecule has 0 amide bonds. The van der Waals surface area contributed by atoms with Gasteiger partial charge in [-0.05, 0) is 86.4 Å². The molecule has 1 heteroatoms. The fourth-order valence-electron chi connectivity index (χ4n) is 7.37. The number of hydrogen-bond donors (Lipinski definition) is 0. The van der Waals surface area contributed by atoms with Crippen LogP contribution >= 0.6 is 0 Å². The lowest BCUT2D eigenvalue weighted by Gasteiger charge is -2.59. The maximum Gasteiger partial charge on any atom is 0.133 e. The van der Waals surface area contributed by atoms with Crippen molar-refractivity contribution in [2.75, 3.05) is 0 Å². The third-order valence-corrected chi connectivity index (χ3v) is 8.68. The molecule has 0 aliphatic heterocycles. The van der Waals surface area contributed by atoms with E-state index in [-0.39, 0.29) is 0 Å². The zero-order valence-corrected chi connectivity index (χ0v) is 14.7. The first-order chi connectivity index (χ1) is 10.5. The first-order valence-corrected chi connectivity index (χ1v) is 9.66. The van der Waals surface area contributed by atoms with Gasteiger partial charge in [-0.3, -0.25) is 4.79 Å². The first kappa shape index (κ1) is 15.0.